The maximum Gasteiger partial charge on any atom is 3.00 e. The second-order valence-corrected chi connectivity index (χ2v) is 32.6. The molecule has 0 aromatic heterocycles. The van der Waals surface area contributed by atoms with Crippen LogP contribution in [0.1, 0.15) is 266 Å². The molecule has 0 heterocycles. The van der Waals surface area contributed by atoms with Gasteiger partial charge in [0.1, 0.15) is 13.1 Å². The molecule has 0 saturated carbocycles. The summed E-state index contributed by atoms with van der Waals surface area (Å²) in [7, 11) is 8.27. The van der Waals surface area contributed by atoms with Gasteiger partial charge in [0, 0.05) is 32.7 Å². The second-order valence-electron chi connectivity index (χ2n) is 32.6. The minimum atomic E-state index is -0.244. The van der Waals surface area contributed by atoms with E-state index in [1.807, 2.05) is 0 Å². The van der Waals surface area contributed by atoms with Gasteiger partial charge < -0.3 is 35.1 Å². The predicted octanol–water partition coefficient (Wildman–Crippen LogP) is 14.0. The Morgan fingerprint density at radius 3 is 0.793 bits per heavy atom. The molecule has 0 atom stereocenters. The fourth-order valence-corrected chi connectivity index (χ4v) is 9.76. The summed E-state index contributed by atoms with van der Waals surface area (Å²) >= 11 is 0. The van der Waals surface area contributed by atoms with E-state index in [0.717, 1.165) is 70.7 Å². The van der Waals surface area contributed by atoms with Gasteiger partial charge in [-0.2, -0.15) is 0 Å². The largest absolute Gasteiger partial charge is 3.00 e. The number of hydrogen-bond donors (Lipinski definition) is 1. The zero-order chi connectivity index (χ0) is 63.0. The first-order chi connectivity index (χ1) is 36.4. The van der Waals surface area contributed by atoms with Crippen LogP contribution in [0, 0.1) is 0 Å². The smallest absolute Gasteiger partial charge is 0.872 e. The number of likely N-dealkylation sites (N-methyl/N-ethyl adjacent to an activating group) is 2. The normalized spacial score (nSPS) is 13.1. The number of hydrogen-bond acceptors (Lipinski definition) is 7. The molecule has 0 aliphatic carbocycles. The van der Waals surface area contributed by atoms with Crippen LogP contribution in [0.15, 0.2) is 48.5 Å². The van der Waals surface area contributed by atoms with E-state index < -0.39 is 0 Å². The Morgan fingerprint density at radius 2 is 0.585 bits per heavy atom. The van der Waals surface area contributed by atoms with Crippen LogP contribution in [-0.2, 0) is 102 Å². The van der Waals surface area contributed by atoms with Gasteiger partial charge in [0.2, 0.25) is 0 Å². The second kappa shape index (κ2) is 30.1. The standard InChI is InChI=1S/2C34H56N2O2.C5H12.Y/c2*1-31(2,3)25-17-23(29(37)27(19-25)33(7,8)9)21-36(16-15-35(13)14)22-24-18-26(32(4,5)6)20-28(30(24)38)34(10,11)12;1-3-5-4-2;/h2*17-20,37-38H,15-16,21-22H2,1-14H3;3-5H2,1-2H3;/q;;;+3/p-3. The van der Waals surface area contributed by atoms with Crippen molar-refractivity contribution in [2.75, 3.05) is 54.4 Å². The summed E-state index contributed by atoms with van der Waals surface area (Å²) in [5.41, 5.74) is 10.4. The molecule has 1 N–H and O–H groups in total. The zero-order valence-electron chi connectivity index (χ0n) is 58.4. The molecule has 4 aromatic rings. The Bertz CT molecular complexity index is 2280. The maximum absolute atomic E-state index is 13.8. The van der Waals surface area contributed by atoms with Gasteiger partial charge in [0.15, 0.2) is 0 Å². The molecule has 0 spiro atoms. The fraction of sp³-hybridized carbons (Fsp3) is 0.671. The molecule has 8 nitrogen and oxygen atoms in total. The molecular formula is C73H121N4O4Y. The van der Waals surface area contributed by atoms with Gasteiger partial charge in [0.05, 0.1) is 6.54 Å². The van der Waals surface area contributed by atoms with E-state index in [1.165, 1.54) is 46.4 Å². The van der Waals surface area contributed by atoms with Crippen molar-refractivity contribution in [1.29, 1.82) is 0 Å². The first kappa shape index (κ1) is 77.0. The molecule has 4 aromatic carbocycles. The minimum Gasteiger partial charge on any atom is -0.872 e. The van der Waals surface area contributed by atoms with Crippen LogP contribution in [0.25, 0.3) is 0 Å². The summed E-state index contributed by atoms with van der Waals surface area (Å²) in [6.07, 6.45) is 4.08. The van der Waals surface area contributed by atoms with Crippen molar-refractivity contribution >= 4 is 0 Å². The molecule has 82 heavy (non-hydrogen) atoms. The summed E-state index contributed by atoms with van der Waals surface area (Å²) in [6.45, 7) is 61.8. The molecule has 0 unspecified atom stereocenters. The Hall–Kier alpha value is -2.98. The molecular weight excluding hydrogens is 1090 g/mol. The van der Waals surface area contributed by atoms with Gasteiger partial charge in [-0.1, -0.05) is 259 Å². The van der Waals surface area contributed by atoms with Crippen LogP contribution in [-0.4, -0.2) is 69.1 Å². The van der Waals surface area contributed by atoms with Gasteiger partial charge in [-0.25, -0.2) is 0 Å². The monoisotopic (exact) mass is 1210 g/mol. The van der Waals surface area contributed by atoms with E-state index in [0.29, 0.717) is 26.2 Å². The first-order valence-corrected chi connectivity index (χ1v) is 30.7. The van der Waals surface area contributed by atoms with E-state index in [-0.39, 0.29) is 99.0 Å². The zero-order valence-corrected chi connectivity index (χ0v) is 61.3. The Morgan fingerprint density at radius 1 is 0.341 bits per heavy atom. The van der Waals surface area contributed by atoms with Gasteiger partial charge >= 0.3 is 32.7 Å². The molecule has 0 radical (unpaired) electrons. The van der Waals surface area contributed by atoms with E-state index in [4.69, 9.17) is 0 Å². The van der Waals surface area contributed by atoms with Gasteiger partial charge in [-0.15, -0.1) is 11.5 Å². The van der Waals surface area contributed by atoms with Crippen molar-refractivity contribution in [1.82, 2.24) is 14.7 Å². The van der Waals surface area contributed by atoms with Gasteiger partial charge in [0.25, 0.3) is 0 Å². The van der Waals surface area contributed by atoms with E-state index in [9.17, 15) is 20.4 Å². The van der Waals surface area contributed by atoms with Gasteiger partial charge in [-0.3, -0.25) is 4.90 Å². The van der Waals surface area contributed by atoms with Crippen molar-refractivity contribution in [2.45, 2.75) is 269 Å². The summed E-state index contributed by atoms with van der Waals surface area (Å²) in [4.78, 5) is 7.85. The fourth-order valence-electron chi connectivity index (χ4n) is 9.76. The first-order valence-electron chi connectivity index (χ1n) is 30.7. The average molecular weight is 1210 g/mol. The Labute approximate surface area is 530 Å². The quantitative estimate of drug-likeness (QED) is 0.119. The van der Waals surface area contributed by atoms with Crippen molar-refractivity contribution in [3.05, 3.63) is 115 Å². The number of rotatable bonds is 16. The maximum atomic E-state index is 13.8. The summed E-state index contributed by atoms with van der Waals surface area (Å²) in [5, 5.41) is 55.1. The minimum absolute atomic E-state index is 0. The number of benzene rings is 4. The van der Waals surface area contributed by atoms with E-state index in [2.05, 4.69) is 271 Å². The molecule has 0 bridgehead atoms. The number of unbranched alkanes of at least 4 members (excludes halogenated alkanes) is 2. The van der Waals surface area contributed by atoms with Gasteiger partial charge in [-0.05, 0) is 138 Å². The van der Waals surface area contributed by atoms with E-state index >= 15 is 0 Å². The number of quaternary nitrogens is 1. The van der Waals surface area contributed by atoms with Crippen LogP contribution < -0.4 is 25.3 Å². The molecule has 4 rings (SSSR count). The third-order valence-corrected chi connectivity index (χ3v) is 15.5. The van der Waals surface area contributed by atoms with Crippen LogP contribution in [0.3, 0.4) is 0 Å². The topological polar surface area (TPSA) is 106 Å². The van der Waals surface area contributed by atoms with E-state index in [1.54, 1.807) is 0 Å². The van der Waals surface area contributed by atoms with Crippen LogP contribution >= 0.6 is 0 Å². The molecule has 0 aliphatic heterocycles. The van der Waals surface area contributed by atoms with Crippen molar-refractivity contribution in [2.24, 2.45) is 0 Å². The third-order valence-electron chi connectivity index (χ3n) is 15.5. The Kier molecular flexibility index (Phi) is 28.3. The summed E-state index contributed by atoms with van der Waals surface area (Å²) in [6, 6.07) is 16.9. The summed E-state index contributed by atoms with van der Waals surface area (Å²) in [5.74, 6) is 0.547. The molecule has 0 saturated heterocycles. The number of nitrogens with zero attached hydrogens (tertiary/aromatic N) is 3. The predicted molar refractivity (Wildman–Crippen MR) is 343 cm³/mol. The molecule has 0 amide bonds. The third kappa shape index (κ3) is 23.7. The Balaban J connectivity index is 0.000000748. The van der Waals surface area contributed by atoms with Crippen molar-refractivity contribution in [3.8, 4) is 23.0 Å². The molecule has 0 aliphatic rings. The molecule has 0 fully saturated rings. The average Bonchev–Trinajstić information content (AvgIpc) is 3.27. The van der Waals surface area contributed by atoms with Crippen LogP contribution in [0.2, 0.25) is 0 Å². The van der Waals surface area contributed by atoms with Crippen LogP contribution in [0.5, 0.6) is 23.0 Å². The number of nitrogens with one attached hydrogen (secondary N) is 1. The summed E-state index contributed by atoms with van der Waals surface area (Å²) < 4.78 is 0. The molecule has 460 valence electrons. The molecule has 9 heteroatoms. The van der Waals surface area contributed by atoms with Crippen molar-refractivity contribution in [3.63, 3.8) is 0 Å². The SMILES string of the molecule is CCCCC.CN(C)CCN(Cc1cc(C(C)(C)C)cc(C(C)(C)C)c1[O-])Cc1cc(C(C)(C)C)cc(C(C)(C)C)c1[O-].CN(C)CC[NH+](Cc1cc(C(C)(C)C)cc(C(C)(C)C)c1[O-])Cc1cc(C(C)(C)C)cc(C(C)(C)C)c1[O-].[Y+3]. The van der Waals surface area contributed by atoms with Crippen LogP contribution in [0.4, 0.5) is 0 Å². The van der Waals surface area contributed by atoms with Crippen molar-refractivity contribution < 1.29 is 58.0 Å².